The fourth-order valence-electron chi connectivity index (χ4n) is 11.8. The molecule has 18 heteroatoms. The quantitative estimate of drug-likeness (QED) is 0.0185. The lowest BCUT2D eigenvalue weighted by Gasteiger charge is -2.14. The molecule has 0 unspecified atom stereocenters. The first-order chi connectivity index (χ1) is 56.9. The van der Waals surface area contributed by atoms with Gasteiger partial charge in [-0.3, -0.25) is 24.0 Å². The molecule has 18 nitrogen and oxygen atoms in total. The van der Waals surface area contributed by atoms with Gasteiger partial charge in [-0.15, -0.1) is 0 Å². The fraction of sp³-hybridized carbons (Fsp3) is 0.485. The average Bonchev–Trinajstić information content (AvgIpc) is 1.77. The Hall–Kier alpha value is -10.2. The molecule has 0 atom stereocenters. The van der Waals surface area contributed by atoms with E-state index < -0.39 is 0 Å². The van der Waals surface area contributed by atoms with E-state index in [1.807, 2.05) is 102 Å². The standard InChI is InChI=1S/C22H31NO3.C22H29NO3.C21H29NO3.C20H25NO3.C14H25NO/c2*1-18(2)16-23-22(24)12-10-8-6-4-3-5-7-9-11-19-13-14-20-21(15-19)26-17-25-20;23-21(22-14-8-9-15-22)11-7-5-3-1-2-4-6-10-18-12-13-19-20(16-18)25-17-24-19;1-16(2)14-21-20(22)10-8-6-4-3-5-7-9-17-11-12-18-19(13-17)24-15-23-18;1-4-5-6-7-8-9-10-11-14(16)15-12-13(2)3/h9-15,18H,3-8,16-17H2,1-2H3,(H,23,24);6,8-15,18H,3-5,7,16-17H2,1-2H3,(H,23,24);6,10,12-13,16H,1-5,7-9,11,14-15,17H2;4,6-13,16H,3,5,14-15H2,1-2H3,(H,21,22);8-11,13H,4-7,12H2,1-3H3,(H,15,16)/b11-9+,12-10+;8-6+,11-9+,12-10+;10-6+;6-4+,9-7+,10-8+;9-8+,11-10+. The molecule has 4 aromatic rings. The highest BCUT2D eigenvalue weighted by Gasteiger charge is 2.18. The summed E-state index contributed by atoms with van der Waals surface area (Å²) < 4.78 is 42.7. The summed E-state index contributed by atoms with van der Waals surface area (Å²) in [4.78, 5) is 59.7. The number of rotatable bonds is 46. The van der Waals surface area contributed by atoms with Crippen molar-refractivity contribution >= 4 is 53.8 Å². The van der Waals surface area contributed by atoms with E-state index in [9.17, 15) is 24.0 Å². The van der Waals surface area contributed by atoms with Gasteiger partial charge in [0, 0.05) is 63.9 Å². The first-order valence-corrected chi connectivity index (χ1v) is 43.2. The van der Waals surface area contributed by atoms with Crippen molar-refractivity contribution in [1.29, 1.82) is 0 Å². The van der Waals surface area contributed by atoms with Crippen LogP contribution in [0.1, 0.15) is 245 Å². The third-order valence-electron chi connectivity index (χ3n) is 18.5. The molecule has 117 heavy (non-hydrogen) atoms. The monoisotopic (exact) mass is 1610 g/mol. The molecule has 5 amide bonds. The van der Waals surface area contributed by atoms with Gasteiger partial charge in [-0.05, 0) is 210 Å². The van der Waals surface area contributed by atoms with Crippen LogP contribution in [0, 0.1) is 23.7 Å². The molecule has 5 aliphatic rings. The molecule has 0 radical (unpaired) electrons. The molecule has 4 N–H and O–H groups in total. The second kappa shape index (κ2) is 62.1. The first kappa shape index (κ1) is 97.3. The Balaban J connectivity index is 0.000000263. The summed E-state index contributed by atoms with van der Waals surface area (Å²) in [6.07, 6.45) is 71.1. The Morgan fingerprint density at radius 1 is 0.316 bits per heavy atom. The number of allylic oxidation sites excluding steroid dienone is 14. The number of unbranched alkanes of at least 4 members (excludes halogenated alkanes) is 17. The van der Waals surface area contributed by atoms with Crippen molar-refractivity contribution in [2.45, 2.75) is 223 Å². The normalized spacial score (nSPS) is 13.8. The molecule has 0 saturated carbocycles. The maximum absolute atomic E-state index is 11.9. The van der Waals surface area contributed by atoms with Crippen LogP contribution in [0.15, 0.2) is 182 Å². The Morgan fingerprint density at radius 3 is 0.940 bits per heavy atom. The van der Waals surface area contributed by atoms with Gasteiger partial charge in [-0.1, -0.05) is 241 Å². The molecule has 5 aliphatic heterocycles. The largest absolute Gasteiger partial charge is 0.454 e. The van der Waals surface area contributed by atoms with Crippen LogP contribution in [-0.2, 0) is 24.0 Å². The summed E-state index contributed by atoms with van der Waals surface area (Å²) in [6, 6.07) is 24.0. The van der Waals surface area contributed by atoms with Crippen molar-refractivity contribution in [2.24, 2.45) is 23.7 Å². The minimum atomic E-state index is -0.0453. The van der Waals surface area contributed by atoms with Gasteiger partial charge in [-0.2, -0.15) is 0 Å². The number of nitrogens with zero attached hydrogens (tertiary/aromatic N) is 1. The smallest absolute Gasteiger partial charge is 0.243 e. The van der Waals surface area contributed by atoms with Crippen LogP contribution in [0.2, 0.25) is 0 Å². The summed E-state index contributed by atoms with van der Waals surface area (Å²) >= 11 is 0. The van der Waals surface area contributed by atoms with Gasteiger partial charge in [0.1, 0.15) is 0 Å². The van der Waals surface area contributed by atoms with Crippen molar-refractivity contribution in [3.05, 3.63) is 204 Å². The van der Waals surface area contributed by atoms with E-state index in [1.165, 1.54) is 77.0 Å². The van der Waals surface area contributed by atoms with E-state index in [0.29, 0.717) is 69.8 Å². The first-order valence-electron chi connectivity index (χ1n) is 43.2. The van der Waals surface area contributed by atoms with Gasteiger partial charge < -0.3 is 64.1 Å². The van der Waals surface area contributed by atoms with Gasteiger partial charge in [0.15, 0.2) is 46.0 Å². The Morgan fingerprint density at radius 2 is 0.590 bits per heavy atom. The Labute approximate surface area is 701 Å². The SMILES string of the molecule is CC(C)CNC(=O)/C=C/C=C/CC/C=C/c1ccc2c(c1)OCO2.CC(C)CNC(=O)/C=C/C=C/CCCC/C=C/c1ccc2c(c1)OCO2.CC(C)CNC(=O)/C=C/CCCCCC/C=C/c1ccc2c(c1)OCO2.CCCCC/C=C/C=C/C(=O)NCC(C)C.O=C(CCCCCCC/C=C/c1ccc2c(c1)OCO2)N1CCCC1. The van der Waals surface area contributed by atoms with Crippen molar-refractivity contribution < 1.29 is 61.9 Å². The summed E-state index contributed by atoms with van der Waals surface area (Å²) in [7, 11) is 0. The fourth-order valence-corrected chi connectivity index (χ4v) is 11.8. The zero-order chi connectivity index (χ0) is 84.0. The summed E-state index contributed by atoms with van der Waals surface area (Å²) in [6.45, 7) is 25.0. The second-order valence-corrected chi connectivity index (χ2v) is 31.1. The number of carbonyl (C=O) groups excluding carboxylic acids is 5. The molecule has 0 aliphatic carbocycles. The maximum atomic E-state index is 11.9. The number of hydrogen-bond donors (Lipinski definition) is 4. The molecular weight excluding hydrogens is 1470 g/mol. The van der Waals surface area contributed by atoms with Gasteiger partial charge in [-0.25, -0.2) is 0 Å². The number of ether oxygens (including phenoxy) is 8. The van der Waals surface area contributed by atoms with Crippen LogP contribution < -0.4 is 59.2 Å². The molecule has 0 bridgehead atoms. The van der Waals surface area contributed by atoms with Crippen LogP contribution in [0.5, 0.6) is 46.0 Å². The lowest BCUT2D eigenvalue weighted by molar-refractivity contribution is -0.130. The minimum Gasteiger partial charge on any atom is -0.454 e. The molecule has 0 spiro atoms. The molecule has 4 aromatic carbocycles. The van der Waals surface area contributed by atoms with Crippen molar-refractivity contribution in [3.63, 3.8) is 0 Å². The topological polar surface area (TPSA) is 211 Å². The number of benzene rings is 4. The van der Waals surface area contributed by atoms with Crippen LogP contribution in [0.3, 0.4) is 0 Å². The number of nitrogens with one attached hydrogen (secondary N) is 4. The van der Waals surface area contributed by atoms with Crippen molar-refractivity contribution in [1.82, 2.24) is 26.2 Å². The summed E-state index contributed by atoms with van der Waals surface area (Å²) in [5.74, 6) is 8.82. The second-order valence-electron chi connectivity index (χ2n) is 31.1. The third-order valence-corrected chi connectivity index (χ3v) is 18.5. The third kappa shape index (κ3) is 47.5. The van der Waals surface area contributed by atoms with E-state index in [2.05, 4.69) is 156 Å². The Kier molecular flexibility index (Phi) is 51.6. The molecular formula is C99H139N5O13. The zero-order valence-corrected chi connectivity index (χ0v) is 71.9. The number of carbonyl (C=O) groups is 5. The van der Waals surface area contributed by atoms with Crippen molar-refractivity contribution in [2.75, 3.05) is 66.4 Å². The van der Waals surface area contributed by atoms with E-state index in [1.54, 1.807) is 36.5 Å². The lowest BCUT2D eigenvalue weighted by atomic mass is 10.1. The molecule has 638 valence electrons. The summed E-state index contributed by atoms with van der Waals surface area (Å²) in [5.41, 5.74) is 4.54. The zero-order valence-electron chi connectivity index (χ0n) is 71.9. The Bertz CT molecular complexity index is 3850. The average molecular weight is 1610 g/mol. The van der Waals surface area contributed by atoms with Gasteiger partial charge >= 0.3 is 0 Å². The highest BCUT2D eigenvalue weighted by atomic mass is 16.7. The van der Waals surface area contributed by atoms with Crippen LogP contribution in [0.25, 0.3) is 24.3 Å². The number of fused-ring (bicyclic) bond motifs is 4. The maximum Gasteiger partial charge on any atom is 0.243 e. The van der Waals surface area contributed by atoms with E-state index in [4.69, 9.17) is 37.9 Å². The predicted octanol–water partition coefficient (Wildman–Crippen LogP) is 22.3. The lowest BCUT2D eigenvalue weighted by Crippen LogP contribution is -2.27. The highest BCUT2D eigenvalue weighted by Crippen LogP contribution is 2.36. The molecule has 0 aromatic heterocycles. The minimum absolute atomic E-state index is 0.00749. The van der Waals surface area contributed by atoms with Crippen LogP contribution in [0.4, 0.5) is 0 Å². The number of likely N-dealkylation sites (tertiary alicyclic amines) is 1. The van der Waals surface area contributed by atoms with E-state index in [0.717, 1.165) is 178 Å². The molecule has 1 fully saturated rings. The van der Waals surface area contributed by atoms with Gasteiger partial charge in [0.2, 0.25) is 56.7 Å². The van der Waals surface area contributed by atoms with E-state index in [-0.39, 0.29) is 23.6 Å². The molecule has 9 rings (SSSR count). The van der Waals surface area contributed by atoms with Gasteiger partial charge in [0.25, 0.3) is 0 Å². The summed E-state index contributed by atoms with van der Waals surface area (Å²) in [5, 5.41) is 11.4. The molecule has 1 saturated heterocycles. The molecule has 5 heterocycles. The predicted molar refractivity (Wildman–Crippen MR) is 479 cm³/mol. The van der Waals surface area contributed by atoms with Crippen LogP contribution in [-0.4, -0.2) is 101 Å². The number of hydrogen-bond acceptors (Lipinski definition) is 13. The van der Waals surface area contributed by atoms with Crippen molar-refractivity contribution in [3.8, 4) is 46.0 Å². The number of amides is 5. The highest BCUT2D eigenvalue weighted by molar-refractivity contribution is 5.89. The van der Waals surface area contributed by atoms with Crippen LogP contribution >= 0.6 is 0 Å². The van der Waals surface area contributed by atoms with E-state index >= 15 is 0 Å². The van der Waals surface area contributed by atoms with Gasteiger partial charge in [0.05, 0.1) is 0 Å².